The van der Waals surface area contributed by atoms with E-state index in [0.717, 1.165) is 23.5 Å². The normalized spacial score (nSPS) is 11.7. The summed E-state index contributed by atoms with van der Waals surface area (Å²) >= 11 is 0.768. The van der Waals surface area contributed by atoms with E-state index < -0.39 is 17.9 Å². The van der Waals surface area contributed by atoms with E-state index in [2.05, 4.69) is 23.5 Å². The third kappa shape index (κ3) is 6.01. The fourth-order valence-corrected chi connectivity index (χ4v) is 4.35. The molecular formula is C26H31N5O4S. The molecule has 0 saturated carbocycles. The van der Waals surface area contributed by atoms with Crippen LogP contribution in [0.25, 0.3) is 0 Å². The maximum Gasteiger partial charge on any atom is 0.273 e. The van der Waals surface area contributed by atoms with Gasteiger partial charge in [-0.1, -0.05) is 43.7 Å². The molecule has 0 radical (unpaired) electrons. The van der Waals surface area contributed by atoms with Gasteiger partial charge in [-0.25, -0.2) is 0 Å². The summed E-state index contributed by atoms with van der Waals surface area (Å²) in [5, 5.41) is 2.97. The molecule has 190 valence electrons. The minimum atomic E-state index is -1.02. The number of ether oxygens (including phenoxy) is 1. The quantitative estimate of drug-likeness (QED) is 0.381. The Labute approximate surface area is 214 Å². The summed E-state index contributed by atoms with van der Waals surface area (Å²) in [5.41, 5.74) is 13.2. The highest BCUT2D eigenvalue weighted by Gasteiger charge is 2.36. The standard InChI is InChI=1S/C26H31N5O4S/c1-15(2)13-14-29-25(33)22(17-7-5-16(3)6-8-17)31(18-9-11-19(35-4)12-10-18)26(34)23-20(27)21(24(28)32)30-36-23/h5-12,15,22H,13-14,27H2,1-4H3,(H2,28,32)(H,29,33)/t22-/m0/s1. The van der Waals surface area contributed by atoms with Crippen molar-refractivity contribution in [2.75, 3.05) is 24.3 Å². The van der Waals surface area contributed by atoms with Crippen molar-refractivity contribution in [2.24, 2.45) is 11.7 Å². The fourth-order valence-electron chi connectivity index (χ4n) is 3.61. The Kier molecular flexibility index (Phi) is 8.65. The van der Waals surface area contributed by atoms with Crippen LogP contribution in [-0.4, -0.2) is 35.7 Å². The molecule has 0 unspecified atom stereocenters. The third-order valence-corrected chi connectivity index (χ3v) is 6.50. The van der Waals surface area contributed by atoms with Crippen LogP contribution in [0.15, 0.2) is 48.5 Å². The zero-order valence-corrected chi connectivity index (χ0v) is 21.6. The summed E-state index contributed by atoms with van der Waals surface area (Å²) in [6, 6.07) is 13.1. The Hall–Kier alpha value is -3.92. The highest BCUT2D eigenvalue weighted by atomic mass is 32.1. The summed E-state index contributed by atoms with van der Waals surface area (Å²) in [6.45, 7) is 6.54. The molecule has 10 heteroatoms. The average Bonchev–Trinajstić information content (AvgIpc) is 3.24. The smallest absolute Gasteiger partial charge is 0.273 e. The number of hydrogen-bond acceptors (Lipinski definition) is 7. The zero-order chi connectivity index (χ0) is 26.4. The molecule has 1 aromatic heterocycles. The van der Waals surface area contributed by atoms with Crippen molar-refractivity contribution < 1.29 is 19.1 Å². The molecular weight excluding hydrogens is 478 g/mol. The Morgan fingerprint density at radius 3 is 2.25 bits per heavy atom. The highest BCUT2D eigenvalue weighted by Crippen LogP contribution is 2.34. The van der Waals surface area contributed by atoms with Gasteiger partial charge >= 0.3 is 0 Å². The summed E-state index contributed by atoms with van der Waals surface area (Å²) in [6.07, 6.45) is 0.784. The molecule has 0 fully saturated rings. The van der Waals surface area contributed by atoms with Crippen LogP contribution in [0.3, 0.4) is 0 Å². The molecule has 36 heavy (non-hydrogen) atoms. The van der Waals surface area contributed by atoms with Gasteiger partial charge in [0.05, 0.1) is 12.8 Å². The number of hydrogen-bond donors (Lipinski definition) is 3. The van der Waals surface area contributed by atoms with Gasteiger partial charge in [0.15, 0.2) is 5.69 Å². The first kappa shape index (κ1) is 26.7. The van der Waals surface area contributed by atoms with Gasteiger partial charge in [0, 0.05) is 12.2 Å². The molecule has 0 spiro atoms. The first-order valence-corrected chi connectivity index (χ1v) is 12.3. The number of anilines is 2. The molecule has 0 saturated heterocycles. The number of nitrogens with two attached hydrogens (primary N) is 2. The summed E-state index contributed by atoms with van der Waals surface area (Å²) in [4.78, 5) is 40.7. The minimum Gasteiger partial charge on any atom is -0.497 e. The van der Waals surface area contributed by atoms with Gasteiger partial charge in [-0.05, 0) is 60.6 Å². The van der Waals surface area contributed by atoms with Crippen LogP contribution in [0.2, 0.25) is 0 Å². The number of carbonyl (C=O) groups excluding carboxylic acids is 3. The number of rotatable bonds is 10. The number of amides is 3. The molecule has 0 aliphatic rings. The summed E-state index contributed by atoms with van der Waals surface area (Å²) < 4.78 is 9.23. The number of aromatic nitrogens is 1. The van der Waals surface area contributed by atoms with Gasteiger partial charge in [0.1, 0.15) is 16.7 Å². The first-order chi connectivity index (χ1) is 17.1. The van der Waals surface area contributed by atoms with Crippen molar-refractivity contribution in [1.29, 1.82) is 0 Å². The Bertz CT molecular complexity index is 1220. The Morgan fingerprint density at radius 2 is 1.72 bits per heavy atom. The van der Waals surface area contributed by atoms with Gasteiger partial charge in [-0.2, -0.15) is 4.37 Å². The number of methoxy groups -OCH3 is 1. The van der Waals surface area contributed by atoms with E-state index in [-0.39, 0.29) is 22.2 Å². The van der Waals surface area contributed by atoms with Crippen LogP contribution in [0.5, 0.6) is 5.75 Å². The van der Waals surface area contributed by atoms with Crippen LogP contribution >= 0.6 is 11.5 Å². The molecule has 5 N–H and O–H groups in total. The maximum absolute atomic E-state index is 14.0. The summed E-state index contributed by atoms with van der Waals surface area (Å²) in [7, 11) is 1.54. The van der Waals surface area contributed by atoms with E-state index in [4.69, 9.17) is 16.2 Å². The van der Waals surface area contributed by atoms with Gasteiger partial charge in [-0.3, -0.25) is 19.3 Å². The Balaban J connectivity index is 2.15. The molecule has 3 aromatic rings. The number of primary amides is 1. The highest BCUT2D eigenvalue weighted by molar-refractivity contribution is 7.09. The van der Waals surface area contributed by atoms with Crippen molar-refractivity contribution >= 4 is 40.6 Å². The van der Waals surface area contributed by atoms with Crippen LogP contribution in [0.1, 0.15) is 57.6 Å². The monoisotopic (exact) mass is 509 g/mol. The molecule has 9 nitrogen and oxygen atoms in total. The molecule has 2 aromatic carbocycles. The van der Waals surface area contributed by atoms with Crippen LogP contribution in [0, 0.1) is 12.8 Å². The second-order valence-corrected chi connectivity index (χ2v) is 9.57. The van der Waals surface area contributed by atoms with Crippen molar-refractivity contribution in [3.63, 3.8) is 0 Å². The lowest BCUT2D eigenvalue weighted by atomic mass is 10.0. The average molecular weight is 510 g/mol. The maximum atomic E-state index is 14.0. The van der Waals surface area contributed by atoms with Crippen LogP contribution in [-0.2, 0) is 4.79 Å². The second kappa shape index (κ2) is 11.7. The van der Waals surface area contributed by atoms with Gasteiger partial charge < -0.3 is 21.5 Å². The molecule has 3 rings (SSSR count). The number of nitrogens with zero attached hydrogens (tertiary/aromatic N) is 2. The zero-order valence-electron chi connectivity index (χ0n) is 20.8. The van der Waals surface area contributed by atoms with E-state index in [1.807, 2.05) is 31.2 Å². The van der Waals surface area contributed by atoms with E-state index in [1.54, 1.807) is 31.4 Å². The van der Waals surface area contributed by atoms with Crippen LogP contribution < -0.4 is 26.4 Å². The van der Waals surface area contributed by atoms with Gasteiger partial charge in [0.2, 0.25) is 5.91 Å². The summed E-state index contributed by atoms with van der Waals surface area (Å²) in [5.74, 6) is -0.770. The predicted octanol–water partition coefficient (Wildman–Crippen LogP) is 3.69. The number of aryl methyl sites for hydroxylation is 1. The molecule has 1 heterocycles. The lowest BCUT2D eigenvalue weighted by Crippen LogP contribution is -2.44. The van der Waals surface area contributed by atoms with Crippen molar-refractivity contribution in [3.8, 4) is 5.75 Å². The number of benzene rings is 2. The van der Waals surface area contributed by atoms with E-state index in [9.17, 15) is 14.4 Å². The molecule has 1 atom stereocenters. The molecule has 0 aliphatic heterocycles. The minimum absolute atomic E-state index is 0.0201. The molecule has 3 amide bonds. The lowest BCUT2D eigenvalue weighted by Gasteiger charge is -2.31. The SMILES string of the molecule is COc1ccc(N(C(=O)c2snc(C(N)=O)c2N)[C@H](C(=O)NCCC(C)C)c2ccc(C)cc2)cc1. The van der Waals surface area contributed by atoms with Crippen LogP contribution in [0.4, 0.5) is 11.4 Å². The fraction of sp³-hybridized carbons (Fsp3) is 0.308. The van der Waals surface area contributed by atoms with Crippen molar-refractivity contribution in [3.05, 3.63) is 70.2 Å². The van der Waals surface area contributed by atoms with Gasteiger partial charge in [0.25, 0.3) is 11.8 Å². The number of nitrogen functional groups attached to an aromatic ring is 1. The predicted molar refractivity (Wildman–Crippen MR) is 141 cm³/mol. The number of nitrogens with one attached hydrogen (secondary N) is 1. The first-order valence-electron chi connectivity index (χ1n) is 11.5. The number of carbonyl (C=O) groups is 3. The second-order valence-electron chi connectivity index (χ2n) is 8.80. The van der Waals surface area contributed by atoms with Crippen molar-refractivity contribution in [1.82, 2.24) is 9.69 Å². The van der Waals surface area contributed by atoms with Gasteiger partial charge in [-0.15, -0.1) is 0 Å². The molecule has 0 bridgehead atoms. The third-order valence-electron chi connectivity index (χ3n) is 5.65. The Morgan fingerprint density at radius 1 is 1.08 bits per heavy atom. The topological polar surface area (TPSA) is 141 Å². The van der Waals surface area contributed by atoms with E-state index in [1.165, 1.54) is 4.90 Å². The van der Waals surface area contributed by atoms with E-state index >= 15 is 0 Å². The molecule has 0 aliphatic carbocycles. The van der Waals surface area contributed by atoms with Crippen molar-refractivity contribution in [2.45, 2.75) is 33.2 Å². The van der Waals surface area contributed by atoms with E-state index in [0.29, 0.717) is 29.5 Å². The lowest BCUT2D eigenvalue weighted by molar-refractivity contribution is -0.122. The largest absolute Gasteiger partial charge is 0.497 e.